The van der Waals surface area contributed by atoms with Crippen molar-refractivity contribution < 1.29 is 9.59 Å². The molecule has 148 valence electrons. The molecule has 2 aromatic rings. The van der Waals surface area contributed by atoms with E-state index in [2.05, 4.69) is 25.5 Å². The summed E-state index contributed by atoms with van der Waals surface area (Å²) in [5, 5.41) is 10.8. The van der Waals surface area contributed by atoms with Gasteiger partial charge in [-0.15, -0.1) is 10.2 Å². The van der Waals surface area contributed by atoms with Crippen molar-refractivity contribution in [2.24, 2.45) is 5.92 Å². The van der Waals surface area contributed by atoms with Crippen molar-refractivity contribution in [2.45, 2.75) is 57.7 Å². The van der Waals surface area contributed by atoms with E-state index >= 15 is 0 Å². The van der Waals surface area contributed by atoms with Crippen molar-refractivity contribution in [3.63, 3.8) is 0 Å². The average molecular weight is 383 g/mol. The molecule has 0 bridgehead atoms. The summed E-state index contributed by atoms with van der Waals surface area (Å²) < 4.78 is 1.95. The Kier molecular flexibility index (Phi) is 5.06. The zero-order valence-electron chi connectivity index (χ0n) is 16.2. The molecule has 1 saturated heterocycles. The molecule has 3 heterocycles. The largest absolute Gasteiger partial charge is 0.351 e. The standard InChI is InChI=1S/C19H25N7O2/c1-12-3-4-15(9-26(12)19(28)17-5-6-20-13(2)23-17)24-18(27)14-7-16(8-14)25-10-21-22-11-25/h5-6,10-12,14-16H,3-4,7-9H2,1-2H3,(H,24,27)/t12-,14?,15-,16?/m1/s1. The van der Waals surface area contributed by atoms with Crippen LogP contribution in [0.5, 0.6) is 0 Å². The molecule has 1 aliphatic carbocycles. The molecule has 2 aliphatic rings. The fourth-order valence-electron chi connectivity index (χ4n) is 3.99. The number of piperidine rings is 1. The number of aromatic nitrogens is 5. The third kappa shape index (κ3) is 3.74. The highest BCUT2D eigenvalue weighted by molar-refractivity contribution is 5.92. The summed E-state index contributed by atoms with van der Waals surface area (Å²) in [4.78, 5) is 35.6. The quantitative estimate of drug-likeness (QED) is 0.849. The molecule has 2 aromatic heterocycles. The Morgan fingerprint density at radius 2 is 1.93 bits per heavy atom. The summed E-state index contributed by atoms with van der Waals surface area (Å²) >= 11 is 0. The maximum atomic E-state index is 12.9. The van der Waals surface area contributed by atoms with Crippen LogP contribution in [-0.2, 0) is 4.79 Å². The highest BCUT2D eigenvalue weighted by Crippen LogP contribution is 2.37. The van der Waals surface area contributed by atoms with E-state index in [-0.39, 0.29) is 29.8 Å². The number of hydrogen-bond donors (Lipinski definition) is 1. The van der Waals surface area contributed by atoms with E-state index in [1.54, 1.807) is 31.8 Å². The van der Waals surface area contributed by atoms with Crippen LogP contribution in [0.2, 0.25) is 0 Å². The van der Waals surface area contributed by atoms with Crippen LogP contribution >= 0.6 is 0 Å². The summed E-state index contributed by atoms with van der Waals surface area (Å²) in [5.74, 6) is 0.566. The van der Waals surface area contributed by atoms with Crippen molar-refractivity contribution in [2.75, 3.05) is 6.54 Å². The summed E-state index contributed by atoms with van der Waals surface area (Å²) in [6.45, 7) is 4.32. The van der Waals surface area contributed by atoms with Gasteiger partial charge in [-0.05, 0) is 45.6 Å². The summed E-state index contributed by atoms with van der Waals surface area (Å²) in [7, 11) is 0. The summed E-state index contributed by atoms with van der Waals surface area (Å²) in [5.41, 5.74) is 0.405. The Morgan fingerprint density at radius 3 is 2.64 bits per heavy atom. The first-order valence-electron chi connectivity index (χ1n) is 9.76. The number of rotatable bonds is 4. The van der Waals surface area contributed by atoms with Crippen LogP contribution in [0.4, 0.5) is 0 Å². The third-order valence-corrected chi connectivity index (χ3v) is 5.83. The van der Waals surface area contributed by atoms with Crippen LogP contribution in [0.1, 0.15) is 55.0 Å². The van der Waals surface area contributed by atoms with Crippen molar-refractivity contribution in [1.82, 2.24) is 34.9 Å². The second-order valence-corrected chi connectivity index (χ2v) is 7.81. The summed E-state index contributed by atoms with van der Waals surface area (Å²) in [6.07, 6.45) is 8.33. The molecule has 4 rings (SSSR count). The molecule has 0 spiro atoms. The lowest BCUT2D eigenvalue weighted by Crippen LogP contribution is -2.54. The van der Waals surface area contributed by atoms with E-state index in [0.29, 0.717) is 24.1 Å². The SMILES string of the molecule is Cc1nccc(C(=O)N2C[C@H](NC(=O)C3CC(n4cnnc4)C3)CC[C@H]2C)n1. The van der Waals surface area contributed by atoms with Crippen LogP contribution in [0.25, 0.3) is 0 Å². The normalized spacial score (nSPS) is 27.1. The lowest BCUT2D eigenvalue weighted by Gasteiger charge is -2.40. The molecule has 2 amide bonds. The van der Waals surface area contributed by atoms with Gasteiger partial charge in [0.1, 0.15) is 24.2 Å². The van der Waals surface area contributed by atoms with E-state index < -0.39 is 0 Å². The van der Waals surface area contributed by atoms with Crippen LogP contribution < -0.4 is 5.32 Å². The highest BCUT2D eigenvalue weighted by Gasteiger charge is 2.37. The van der Waals surface area contributed by atoms with Gasteiger partial charge in [0.15, 0.2) is 0 Å². The predicted octanol–water partition coefficient (Wildman–Crippen LogP) is 1.14. The van der Waals surface area contributed by atoms with Crippen LogP contribution in [-0.4, -0.2) is 60.1 Å². The Balaban J connectivity index is 1.33. The number of carbonyl (C=O) groups is 2. The van der Waals surface area contributed by atoms with Gasteiger partial charge < -0.3 is 14.8 Å². The monoisotopic (exact) mass is 383 g/mol. The van der Waals surface area contributed by atoms with Gasteiger partial charge in [0.05, 0.1) is 0 Å². The molecule has 1 aliphatic heterocycles. The van der Waals surface area contributed by atoms with Crippen molar-refractivity contribution in [3.8, 4) is 0 Å². The van der Waals surface area contributed by atoms with Crippen LogP contribution in [0, 0.1) is 12.8 Å². The molecule has 0 aromatic carbocycles. The average Bonchev–Trinajstić information content (AvgIpc) is 3.15. The van der Waals surface area contributed by atoms with Crippen LogP contribution in [0.15, 0.2) is 24.9 Å². The van der Waals surface area contributed by atoms with Crippen molar-refractivity contribution in [1.29, 1.82) is 0 Å². The lowest BCUT2D eigenvalue weighted by atomic mass is 9.79. The van der Waals surface area contributed by atoms with Gasteiger partial charge >= 0.3 is 0 Å². The van der Waals surface area contributed by atoms with Gasteiger partial charge in [0, 0.05) is 36.8 Å². The predicted molar refractivity (Wildman–Crippen MR) is 100 cm³/mol. The molecule has 1 N–H and O–H groups in total. The van der Waals surface area contributed by atoms with E-state index in [0.717, 1.165) is 25.7 Å². The molecule has 1 saturated carbocycles. The van der Waals surface area contributed by atoms with Gasteiger partial charge in [0.2, 0.25) is 5.91 Å². The van der Waals surface area contributed by atoms with E-state index in [1.807, 2.05) is 16.4 Å². The topological polar surface area (TPSA) is 106 Å². The van der Waals surface area contributed by atoms with Gasteiger partial charge in [-0.1, -0.05) is 0 Å². The highest BCUT2D eigenvalue weighted by atomic mass is 16.2. The maximum absolute atomic E-state index is 12.9. The first kappa shape index (κ1) is 18.5. The Labute approximate surface area is 163 Å². The number of nitrogens with zero attached hydrogens (tertiary/aromatic N) is 6. The zero-order chi connectivity index (χ0) is 19.7. The molecule has 0 radical (unpaired) electrons. The zero-order valence-corrected chi connectivity index (χ0v) is 16.2. The van der Waals surface area contributed by atoms with Gasteiger partial charge in [-0.2, -0.15) is 0 Å². The fourth-order valence-corrected chi connectivity index (χ4v) is 3.99. The Hall–Kier alpha value is -2.84. The van der Waals surface area contributed by atoms with E-state index in [9.17, 15) is 9.59 Å². The minimum Gasteiger partial charge on any atom is -0.351 e. The minimum atomic E-state index is -0.103. The second-order valence-electron chi connectivity index (χ2n) is 7.81. The van der Waals surface area contributed by atoms with E-state index in [4.69, 9.17) is 0 Å². The molecule has 2 atom stereocenters. The summed E-state index contributed by atoms with van der Waals surface area (Å²) in [6, 6.07) is 2.04. The smallest absolute Gasteiger partial charge is 0.272 e. The molecular formula is C19H25N7O2. The first-order chi connectivity index (χ1) is 13.5. The van der Waals surface area contributed by atoms with Crippen LogP contribution in [0.3, 0.4) is 0 Å². The van der Waals surface area contributed by atoms with Crippen molar-refractivity contribution >= 4 is 11.8 Å². The maximum Gasteiger partial charge on any atom is 0.272 e. The number of aryl methyl sites for hydroxylation is 1. The molecule has 2 fully saturated rings. The molecule has 0 unspecified atom stereocenters. The Morgan fingerprint density at radius 1 is 1.18 bits per heavy atom. The fraction of sp³-hybridized carbons (Fsp3) is 0.579. The molecule has 9 heteroatoms. The second kappa shape index (κ2) is 7.65. The number of amides is 2. The van der Waals surface area contributed by atoms with Gasteiger partial charge in [-0.25, -0.2) is 9.97 Å². The minimum absolute atomic E-state index is 0.0143. The van der Waals surface area contributed by atoms with Gasteiger partial charge in [0.25, 0.3) is 5.91 Å². The number of hydrogen-bond acceptors (Lipinski definition) is 6. The van der Waals surface area contributed by atoms with Gasteiger partial charge in [-0.3, -0.25) is 9.59 Å². The van der Waals surface area contributed by atoms with Crippen molar-refractivity contribution in [3.05, 3.63) is 36.4 Å². The number of carbonyl (C=O) groups excluding carboxylic acids is 2. The first-order valence-corrected chi connectivity index (χ1v) is 9.76. The van der Waals surface area contributed by atoms with E-state index in [1.165, 1.54) is 0 Å². The number of nitrogens with one attached hydrogen (secondary N) is 1. The molecule has 9 nitrogen and oxygen atoms in total. The number of likely N-dealkylation sites (tertiary alicyclic amines) is 1. The Bertz CT molecular complexity index is 848. The third-order valence-electron chi connectivity index (χ3n) is 5.83. The lowest BCUT2D eigenvalue weighted by molar-refractivity contribution is -0.130. The molecular weight excluding hydrogens is 358 g/mol. The molecule has 28 heavy (non-hydrogen) atoms.